The van der Waals surface area contributed by atoms with Crippen molar-refractivity contribution in [2.24, 2.45) is 5.41 Å². The van der Waals surface area contributed by atoms with Crippen LogP contribution in [0.4, 0.5) is 0 Å². The van der Waals surface area contributed by atoms with Crippen molar-refractivity contribution in [1.29, 1.82) is 0 Å². The molecule has 3 heteroatoms. The molecule has 1 aromatic rings. The maximum Gasteiger partial charge on any atom is 0.0914 e. The number of benzene rings is 1. The predicted octanol–water partition coefficient (Wildman–Crippen LogP) is 1.33. The van der Waals surface area contributed by atoms with E-state index in [-0.39, 0.29) is 12.0 Å². The molecular weight excluding hydrogens is 202 g/mol. The van der Waals surface area contributed by atoms with Gasteiger partial charge in [-0.1, -0.05) is 44.2 Å². The molecule has 0 heterocycles. The molecule has 0 saturated carbocycles. The number of nitrogens with one attached hydrogen (secondary N) is 1. The van der Waals surface area contributed by atoms with Crippen LogP contribution in [-0.2, 0) is 0 Å². The van der Waals surface area contributed by atoms with Crippen molar-refractivity contribution in [2.45, 2.75) is 20.0 Å². The Morgan fingerprint density at radius 3 is 2.44 bits per heavy atom. The lowest BCUT2D eigenvalue weighted by molar-refractivity contribution is 0.138. The number of hydrogen-bond donors (Lipinski definition) is 3. The van der Waals surface area contributed by atoms with Crippen molar-refractivity contribution in [1.82, 2.24) is 5.32 Å². The summed E-state index contributed by atoms with van der Waals surface area (Å²) in [5.41, 5.74) is 0.771. The van der Waals surface area contributed by atoms with Gasteiger partial charge in [-0.25, -0.2) is 0 Å². The second-order valence-corrected chi connectivity index (χ2v) is 4.88. The van der Waals surface area contributed by atoms with E-state index >= 15 is 0 Å². The maximum absolute atomic E-state index is 9.87. The normalized spacial score (nSPS) is 13.8. The summed E-state index contributed by atoms with van der Waals surface area (Å²) in [5, 5.41) is 22.1. The van der Waals surface area contributed by atoms with E-state index in [1.807, 2.05) is 44.2 Å². The first-order chi connectivity index (χ1) is 7.55. The second kappa shape index (κ2) is 5.99. The van der Waals surface area contributed by atoms with Crippen LogP contribution in [0.15, 0.2) is 30.3 Å². The number of rotatable bonds is 6. The third-order valence-corrected chi connectivity index (χ3v) is 2.55. The van der Waals surface area contributed by atoms with E-state index < -0.39 is 6.10 Å². The summed E-state index contributed by atoms with van der Waals surface area (Å²) in [4.78, 5) is 0. The van der Waals surface area contributed by atoms with Gasteiger partial charge in [0.1, 0.15) is 0 Å². The Labute approximate surface area is 97.1 Å². The van der Waals surface area contributed by atoms with Crippen molar-refractivity contribution in [3.63, 3.8) is 0 Å². The fourth-order valence-electron chi connectivity index (χ4n) is 1.40. The van der Waals surface area contributed by atoms with E-state index in [1.54, 1.807) is 0 Å². The summed E-state index contributed by atoms with van der Waals surface area (Å²) in [6.45, 7) is 5.30. The van der Waals surface area contributed by atoms with Crippen molar-refractivity contribution in [3.05, 3.63) is 35.9 Å². The van der Waals surface area contributed by atoms with Gasteiger partial charge in [-0.3, -0.25) is 0 Å². The summed E-state index contributed by atoms with van der Waals surface area (Å²) in [5.74, 6) is 0. The Morgan fingerprint density at radius 1 is 1.25 bits per heavy atom. The zero-order valence-corrected chi connectivity index (χ0v) is 9.98. The zero-order chi connectivity index (χ0) is 12.0. The Kier molecular flexibility index (Phi) is 4.93. The highest BCUT2D eigenvalue weighted by Gasteiger charge is 2.16. The van der Waals surface area contributed by atoms with Gasteiger partial charge in [0.2, 0.25) is 0 Å². The molecule has 0 fully saturated rings. The SMILES string of the molecule is CC(C)(CO)CNCC(O)c1ccccc1. The van der Waals surface area contributed by atoms with Crippen LogP contribution in [0.1, 0.15) is 25.5 Å². The average Bonchev–Trinajstić information content (AvgIpc) is 2.30. The Balaban J connectivity index is 2.34. The van der Waals surface area contributed by atoms with Crippen LogP contribution in [0.25, 0.3) is 0 Å². The third-order valence-electron chi connectivity index (χ3n) is 2.55. The molecule has 0 amide bonds. The van der Waals surface area contributed by atoms with Crippen LogP contribution in [-0.4, -0.2) is 29.9 Å². The molecule has 0 radical (unpaired) electrons. The lowest BCUT2D eigenvalue weighted by atomic mass is 9.95. The molecule has 1 rings (SSSR count). The van der Waals surface area contributed by atoms with E-state index in [0.29, 0.717) is 13.1 Å². The van der Waals surface area contributed by atoms with Crippen LogP contribution in [0.5, 0.6) is 0 Å². The fourth-order valence-corrected chi connectivity index (χ4v) is 1.40. The Bertz CT molecular complexity index is 298. The van der Waals surface area contributed by atoms with Crippen LogP contribution in [0.3, 0.4) is 0 Å². The standard InChI is InChI=1S/C13H21NO2/c1-13(2,10-15)9-14-8-12(16)11-6-4-3-5-7-11/h3-7,12,14-16H,8-10H2,1-2H3. The maximum atomic E-state index is 9.87. The summed E-state index contributed by atoms with van der Waals surface area (Å²) in [6, 6.07) is 9.57. The Hall–Kier alpha value is -0.900. The van der Waals surface area contributed by atoms with Crippen molar-refractivity contribution >= 4 is 0 Å². The van der Waals surface area contributed by atoms with Crippen molar-refractivity contribution < 1.29 is 10.2 Å². The van der Waals surface area contributed by atoms with E-state index in [0.717, 1.165) is 5.56 Å². The minimum atomic E-state index is -0.490. The van der Waals surface area contributed by atoms with Gasteiger partial charge in [0, 0.05) is 25.1 Å². The predicted molar refractivity (Wildman–Crippen MR) is 65.1 cm³/mol. The summed E-state index contributed by atoms with van der Waals surface area (Å²) >= 11 is 0. The van der Waals surface area contributed by atoms with Crippen LogP contribution in [0.2, 0.25) is 0 Å². The van der Waals surface area contributed by atoms with Gasteiger partial charge in [0.05, 0.1) is 6.10 Å². The lowest BCUT2D eigenvalue weighted by Crippen LogP contribution is -2.34. The first-order valence-electron chi connectivity index (χ1n) is 5.60. The van der Waals surface area contributed by atoms with Crippen LogP contribution >= 0.6 is 0 Å². The average molecular weight is 223 g/mol. The van der Waals surface area contributed by atoms with Gasteiger partial charge >= 0.3 is 0 Å². The van der Waals surface area contributed by atoms with Gasteiger partial charge < -0.3 is 15.5 Å². The summed E-state index contributed by atoms with van der Waals surface area (Å²) < 4.78 is 0. The summed E-state index contributed by atoms with van der Waals surface area (Å²) in [6.07, 6.45) is -0.490. The van der Waals surface area contributed by atoms with Gasteiger partial charge in [0.15, 0.2) is 0 Å². The molecule has 16 heavy (non-hydrogen) atoms. The topological polar surface area (TPSA) is 52.5 Å². The first kappa shape index (κ1) is 13.2. The molecule has 1 atom stereocenters. The molecular formula is C13H21NO2. The van der Waals surface area contributed by atoms with E-state index in [9.17, 15) is 5.11 Å². The molecule has 0 bridgehead atoms. The largest absolute Gasteiger partial charge is 0.396 e. The zero-order valence-electron chi connectivity index (χ0n) is 9.98. The number of aliphatic hydroxyl groups excluding tert-OH is 2. The molecule has 0 aliphatic heterocycles. The quantitative estimate of drug-likeness (QED) is 0.682. The van der Waals surface area contributed by atoms with E-state index in [1.165, 1.54) is 0 Å². The molecule has 0 aliphatic rings. The summed E-state index contributed by atoms with van der Waals surface area (Å²) in [7, 11) is 0. The molecule has 0 aromatic heterocycles. The van der Waals surface area contributed by atoms with Gasteiger partial charge in [-0.15, -0.1) is 0 Å². The molecule has 0 saturated heterocycles. The lowest BCUT2D eigenvalue weighted by Gasteiger charge is -2.23. The highest BCUT2D eigenvalue weighted by atomic mass is 16.3. The second-order valence-electron chi connectivity index (χ2n) is 4.88. The smallest absolute Gasteiger partial charge is 0.0914 e. The third kappa shape index (κ3) is 4.31. The van der Waals surface area contributed by atoms with Gasteiger partial charge in [-0.05, 0) is 5.56 Å². The van der Waals surface area contributed by atoms with Gasteiger partial charge in [0.25, 0.3) is 0 Å². The molecule has 1 unspecified atom stereocenters. The molecule has 90 valence electrons. The van der Waals surface area contributed by atoms with Crippen molar-refractivity contribution in [3.8, 4) is 0 Å². The molecule has 0 aliphatic carbocycles. The first-order valence-corrected chi connectivity index (χ1v) is 5.60. The molecule has 0 spiro atoms. The monoisotopic (exact) mass is 223 g/mol. The molecule has 3 nitrogen and oxygen atoms in total. The number of hydrogen-bond acceptors (Lipinski definition) is 3. The Morgan fingerprint density at radius 2 is 1.88 bits per heavy atom. The molecule has 3 N–H and O–H groups in total. The van der Waals surface area contributed by atoms with E-state index in [2.05, 4.69) is 5.32 Å². The highest BCUT2D eigenvalue weighted by molar-refractivity contribution is 5.17. The van der Waals surface area contributed by atoms with Crippen LogP contribution in [0, 0.1) is 5.41 Å². The molecule has 1 aromatic carbocycles. The fraction of sp³-hybridized carbons (Fsp3) is 0.538. The van der Waals surface area contributed by atoms with Gasteiger partial charge in [-0.2, -0.15) is 0 Å². The van der Waals surface area contributed by atoms with E-state index in [4.69, 9.17) is 5.11 Å². The number of aliphatic hydroxyl groups is 2. The van der Waals surface area contributed by atoms with Crippen LogP contribution < -0.4 is 5.32 Å². The highest BCUT2D eigenvalue weighted by Crippen LogP contribution is 2.13. The minimum Gasteiger partial charge on any atom is -0.396 e. The minimum absolute atomic E-state index is 0.140. The van der Waals surface area contributed by atoms with Crippen molar-refractivity contribution in [2.75, 3.05) is 19.7 Å².